The van der Waals surface area contributed by atoms with Gasteiger partial charge in [-0.2, -0.15) is 0 Å². The number of hydrogen-bond acceptors (Lipinski definition) is 5. The Bertz CT molecular complexity index is 900. The van der Waals surface area contributed by atoms with Gasteiger partial charge in [-0.15, -0.1) is 6.42 Å². The molecule has 0 bridgehead atoms. The van der Waals surface area contributed by atoms with Crippen LogP contribution in [-0.2, 0) is 20.9 Å². The molecule has 0 unspecified atom stereocenters. The molecule has 2 aromatic carbocycles. The minimum absolute atomic E-state index is 0.0287. The number of nitrogens with zero attached hydrogens (tertiary/aromatic N) is 1. The summed E-state index contributed by atoms with van der Waals surface area (Å²) in [6.45, 7) is 2.33. The molecular weight excluding hydrogens is 370 g/mol. The highest BCUT2D eigenvalue weighted by molar-refractivity contribution is 5.98. The van der Waals surface area contributed by atoms with Crippen molar-refractivity contribution in [3.8, 4) is 23.8 Å². The Labute approximate surface area is 170 Å². The second kappa shape index (κ2) is 9.65. The van der Waals surface area contributed by atoms with Gasteiger partial charge in [0.1, 0.15) is 18.1 Å². The molecule has 2 aromatic rings. The molecule has 150 valence electrons. The number of carbonyl (C=O) groups is 2. The fraction of sp³-hybridized carbons (Fsp3) is 0.304. The van der Waals surface area contributed by atoms with Crippen LogP contribution in [0.1, 0.15) is 25.3 Å². The fourth-order valence-corrected chi connectivity index (χ4v) is 2.90. The Morgan fingerprint density at radius 1 is 1.24 bits per heavy atom. The number of anilines is 1. The van der Waals surface area contributed by atoms with E-state index in [2.05, 4.69) is 5.92 Å². The summed E-state index contributed by atoms with van der Waals surface area (Å²) in [5, 5.41) is 0. The average Bonchev–Trinajstić information content (AvgIpc) is 2.76. The quantitative estimate of drug-likeness (QED) is 0.508. The number of amides is 1. The summed E-state index contributed by atoms with van der Waals surface area (Å²) >= 11 is 0. The molecule has 0 saturated heterocycles. The first kappa shape index (κ1) is 20.3. The molecule has 0 fully saturated rings. The Balaban J connectivity index is 1.48. The summed E-state index contributed by atoms with van der Waals surface area (Å²) in [5.41, 5.74) is 1.51. The predicted molar refractivity (Wildman–Crippen MR) is 109 cm³/mol. The average molecular weight is 393 g/mol. The Morgan fingerprint density at radius 2 is 2.00 bits per heavy atom. The van der Waals surface area contributed by atoms with Gasteiger partial charge in [0.2, 0.25) is 0 Å². The maximum absolute atomic E-state index is 12.1. The molecule has 3 rings (SSSR count). The molecule has 0 N–H and O–H groups in total. The molecule has 6 nitrogen and oxygen atoms in total. The van der Waals surface area contributed by atoms with Gasteiger partial charge in [-0.05, 0) is 36.2 Å². The molecule has 0 aliphatic carbocycles. The van der Waals surface area contributed by atoms with Gasteiger partial charge in [0, 0.05) is 6.54 Å². The first-order chi connectivity index (χ1) is 14.1. The van der Waals surface area contributed by atoms with Crippen LogP contribution in [0, 0.1) is 12.3 Å². The van der Waals surface area contributed by atoms with Crippen LogP contribution in [0.5, 0.6) is 11.5 Å². The van der Waals surface area contributed by atoms with Crippen molar-refractivity contribution in [2.75, 3.05) is 18.1 Å². The standard InChI is InChI=1S/C23H23NO5/c1-3-18(4-2)29-19-11-9-17(10-12-19)15-28-23(26)13-14-24-20-7-5-6-8-21(20)27-16-22(24)25/h1,5-12,18H,4,13-16H2,2H3/t18-/m1/s1. The van der Waals surface area contributed by atoms with Gasteiger partial charge in [-0.3, -0.25) is 9.59 Å². The number of rotatable bonds is 8. The number of fused-ring (bicyclic) bond motifs is 1. The highest BCUT2D eigenvalue weighted by atomic mass is 16.5. The summed E-state index contributed by atoms with van der Waals surface area (Å²) in [7, 11) is 0. The van der Waals surface area contributed by atoms with E-state index < -0.39 is 0 Å². The number of esters is 1. The lowest BCUT2D eigenvalue weighted by molar-refractivity contribution is -0.144. The van der Waals surface area contributed by atoms with Crippen LogP contribution >= 0.6 is 0 Å². The minimum Gasteiger partial charge on any atom is -0.482 e. The maximum Gasteiger partial charge on any atom is 0.307 e. The fourth-order valence-electron chi connectivity index (χ4n) is 2.90. The van der Waals surface area contributed by atoms with Crippen LogP contribution in [-0.4, -0.2) is 31.1 Å². The first-order valence-corrected chi connectivity index (χ1v) is 9.50. The van der Waals surface area contributed by atoms with Gasteiger partial charge < -0.3 is 19.1 Å². The number of para-hydroxylation sites is 2. The van der Waals surface area contributed by atoms with E-state index in [1.807, 2.05) is 31.2 Å². The molecule has 29 heavy (non-hydrogen) atoms. The summed E-state index contributed by atoms with van der Waals surface area (Å²) in [5.74, 6) is 3.34. The lowest BCUT2D eigenvalue weighted by Gasteiger charge is -2.28. The Kier molecular flexibility index (Phi) is 6.75. The van der Waals surface area contributed by atoms with Crippen molar-refractivity contribution in [1.82, 2.24) is 0 Å². The van der Waals surface area contributed by atoms with Crippen molar-refractivity contribution in [3.05, 3.63) is 54.1 Å². The van der Waals surface area contributed by atoms with E-state index in [9.17, 15) is 9.59 Å². The molecule has 1 aliphatic heterocycles. The van der Waals surface area contributed by atoms with E-state index >= 15 is 0 Å². The summed E-state index contributed by atoms with van der Waals surface area (Å²) in [6, 6.07) is 14.5. The number of hydrogen-bond donors (Lipinski definition) is 0. The van der Waals surface area contributed by atoms with Crippen molar-refractivity contribution < 1.29 is 23.8 Å². The molecule has 1 aliphatic rings. The van der Waals surface area contributed by atoms with E-state index in [4.69, 9.17) is 20.6 Å². The van der Waals surface area contributed by atoms with Gasteiger partial charge >= 0.3 is 5.97 Å². The lowest BCUT2D eigenvalue weighted by Crippen LogP contribution is -2.40. The zero-order chi connectivity index (χ0) is 20.6. The van der Waals surface area contributed by atoms with E-state index in [0.717, 1.165) is 12.0 Å². The molecule has 0 saturated carbocycles. The predicted octanol–water partition coefficient (Wildman–Crippen LogP) is 3.34. The van der Waals surface area contributed by atoms with Gasteiger partial charge in [-0.25, -0.2) is 0 Å². The van der Waals surface area contributed by atoms with Crippen molar-refractivity contribution in [3.63, 3.8) is 0 Å². The molecule has 0 aromatic heterocycles. The van der Waals surface area contributed by atoms with Crippen LogP contribution in [0.15, 0.2) is 48.5 Å². The van der Waals surface area contributed by atoms with Crippen LogP contribution in [0.3, 0.4) is 0 Å². The highest BCUT2D eigenvalue weighted by Gasteiger charge is 2.25. The normalized spacial score (nSPS) is 13.7. The van der Waals surface area contributed by atoms with E-state index in [0.29, 0.717) is 17.2 Å². The molecule has 0 radical (unpaired) electrons. The molecular formula is C23H23NO5. The van der Waals surface area contributed by atoms with Crippen molar-refractivity contribution >= 4 is 17.6 Å². The van der Waals surface area contributed by atoms with Gasteiger partial charge in [-0.1, -0.05) is 37.1 Å². The van der Waals surface area contributed by atoms with E-state index in [1.165, 1.54) is 0 Å². The van der Waals surface area contributed by atoms with Crippen LogP contribution < -0.4 is 14.4 Å². The highest BCUT2D eigenvalue weighted by Crippen LogP contribution is 2.31. The zero-order valence-corrected chi connectivity index (χ0v) is 16.3. The summed E-state index contributed by atoms with van der Waals surface area (Å²) in [6.07, 6.45) is 5.96. The van der Waals surface area contributed by atoms with Crippen molar-refractivity contribution in [2.24, 2.45) is 0 Å². The van der Waals surface area contributed by atoms with Crippen molar-refractivity contribution in [1.29, 1.82) is 0 Å². The van der Waals surface area contributed by atoms with Gasteiger partial charge in [0.05, 0.1) is 12.1 Å². The largest absolute Gasteiger partial charge is 0.482 e. The minimum atomic E-state index is -0.375. The monoisotopic (exact) mass is 393 g/mol. The Morgan fingerprint density at radius 3 is 2.72 bits per heavy atom. The number of carbonyl (C=O) groups excluding carboxylic acids is 2. The van der Waals surface area contributed by atoms with Gasteiger partial charge in [0.15, 0.2) is 12.7 Å². The topological polar surface area (TPSA) is 65.1 Å². The smallest absolute Gasteiger partial charge is 0.307 e. The zero-order valence-electron chi connectivity index (χ0n) is 16.3. The van der Waals surface area contributed by atoms with Crippen LogP contribution in [0.4, 0.5) is 5.69 Å². The van der Waals surface area contributed by atoms with E-state index in [-0.39, 0.29) is 44.2 Å². The number of terminal acetylenes is 1. The molecule has 1 atom stereocenters. The first-order valence-electron chi connectivity index (χ1n) is 9.50. The molecule has 0 spiro atoms. The maximum atomic E-state index is 12.1. The van der Waals surface area contributed by atoms with Crippen molar-refractivity contribution in [2.45, 2.75) is 32.5 Å². The number of benzene rings is 2. The SMILES string of the molecule is C#C[C@H](CC)Oc1ccc(COC(=O)CCN2C(=O)COc3ccccc32)cc1. The summed E-state index contributed by atoms with van der Waals surface area (Å²) in [4.78, 5) is 25.8. The second-order valence-corrected chi connectivity index (χ2v) is 6.54. The van der Waals surface area contributed by atoms with Crippen LogP contribution in [0.25, 0.3) is 0 Å². The molecule has 1 amide bonds. The Hall–Kier alpha value is -3.46. The second-order valence-electron chi connectivity index (χ2n) is 6.54. The lowest BCUT2D eigenvalue weighted by atomic mass is 10.2. The third kappa shape index (κ3) is 5.29. The molecule has 1 heterocycles. The van der Waals surface area contributed by atoms with Crippen LogP contribution in [0.2, 0.25) is 0 Å². The molecule has 6 heteroatoms. The third-order valence-corrected chi connectivity index (χ3v) is 4.51. The summed E-state index contributed by atoms with van der Waals surface area (Å²) < 4.78 is 16.4. The van der Waals surface area contributed by atoms with E-state index in [1.54, 1.807) is 29.2 Å². The third-order valence-electron chi connectivity index (χ3n) is 4.51. The number of ether oxygens (including phenoxy) is 3. The van der Waals surface area contributed by atoms with Gasteiger partial charge in [0.25, 0.3) is 5.91 Å².